The molecule has 2 aliphatic rings. The van der Waals surface area contributed by atoms with E-state index in [1.165, 1.54) is 32.9 Å². The van der Waals surface area contributed by atoms with Crippen LogP contribution in [0.15, 0.2) is 34.1 Å². The second-order valence-corrected chi connectivity index (χ2v) is 13.2. The molecular weight excluding hydrogens is 454 g/mol. The second kappa shape index (κ2) is 9.18. The third kappa shape index (κ3) is 5.58. The van der Waals surface area contributed by atoms with Crippen molar-refractivity contribution in [3.05, 3.63) is 24.3 Å². The highest BCUT2D eigenvalue weighted by Crippen LogP contribution is 2.25. The third-order valence-corrected chi connectivity index (χ3v) is 9.67. The summed E-state index contributed by atoms with van der Waals surface area (Å²) in [5.74, 6) is -0.121. The number of sulfonamides is 3. The summed E-state index contributed by atoms with van der Waals surface area (Å²) in [6, 6.07) is 5.23. The molecule has 1 unspecified atom stereocenters. The minimum Gasteiger partial charge on any atom is -0.379 e. The molecule has 0 aromatic heterocycles. The summed E-state index contributed by atoms with van der Waals surface area (Å²) in [5.41, 5.74) is 0. The van der Waals surface area contributed by atoms with Gasteiger partial charge in [0.15, 0.2) is 0 Å². The molecule has 1 aromatic carbocycles. The molecule has 30 heavy (non-hydrogen) atoms. The summed E-state index contributed by atoms with van der Waals surface area (Å²) >= 11 is 0. The third-order valence-electron chi connectivity index (χ3n) is 5.19. The number of hydrogen-bond acceptors (Lipinski definition) is 7. The Morgan fingerprint density at radius 2 is 1.43 bits per heavy atom. The predicted molar refractivity (Wildman–Crippen MR) is 110 cm³/mol. The fourth-order valence-corrected chi connectivity index (χ4v) is 7.05. The summed E-state index contributed by atoms with van der Waals surface area (Å²) in [5, 5.41) is 0. The fraction of sp³-hybridized carbons (Fsp3) is 0.647. The standard InChI is InChI=1S/C17H27N3O7S3/c1-28(21,22)18-13-15-3-2-8-20(14-15)30(25,26)17-6-4-16(5-7-17)29(23,24)19-9-11-27-12-10-19/h4-7,15,18H,2-3,8-14H2,1H3. The average molecular weight is 482 g/mol. The highest BCUT2D eigenvalue weighted by molar-refractivity contribution is 7.89. The highest BCUT2D eigenvalue weighted by atomic mass is 32.2. The van der Waals surface area contributed by atoms with E-state index in [4.69, 9.17) is 4.74 Å². The molecule has 2 aliphatic heterocycles. The number of ether oxygens (including phenoxy) is 1. The maximum absolute atomic E-state index is 13.0. The number of piperidine rings is 1. The first-order valence-corrected chi connectivity index (χ1v) is 14.4. The van der Waals surface area contributed by atoms with Gasteiger partial charge in [0.2, 0.25) is 30.1 Å². The molecule has 0 bridgehead atoms. The van der Waals surface area contributed by atoms with E-state index in [0.29, 0.717) is 26.2 Å². The lowest BCUT2D eigenvalue weighted by molar-refractivity contribution is 0.0730. The first-order valence-electron chi connectivity index (χ1n) is 9.63. The maximum Gasteiger partial charge on any atom is 0.243 e. The topological polar surface area (TPSA) is 130 Å². The Bertz CT molecular complexity index is 1050. The van der Waals surface area contributed by atoms with Crippen LogP contribution in [-0.4, -0.2) is 86.1 Å². The van der Waals surface area contributed by atoms with E-state index in [-0.39, 0.29) is 41.9 Å². The van der Waals surface area contributed by atoms with Gasteiger partial charge in [-0.15, -0.1) is 0 Å². The molecule has 0 amide bonds. The van der Waals surface area contributed by atoms with Crippen LogP contribution >= 0.6 is 0 Å². The average Bonchev–Trinajstić information content (AvgIpc) is 2.73. The van der Waals surface area contributed by atoms with Crippen LogP contribution in [0.1, 0.15) is 12.8 Å². The largest absolute Gasteiger partial charge is 0.379 e. The van der Waals surface area contributed by atoms with Gasteiger partial charge in [0.1, 0.15) is 0 Å². The van der Waals surface area contributed by atoms with Crippen molar-refractivity contribution < 1.29 is 30.0 Å². The lowest BCUT2D eigenvalue weighted by Gasteiger charge is -2.32. The molecule has 170 valence electrons. The SMILES string of the molecule is CS(=O)(=O)NCC1CCCN(S(=O)(=O)c2ccc(S(=O)(=O)N3CCOCC3)cc2)C1. The number of hydrogen-bond donors (Lipinski definition) is 1. The number of nitrogens with zero attached hydrogens (tertiary/aromatic N) is 2. The van der Waals surface area contributed by atoms with Crippen LogP contribution in [0.2, 0.25) is 0 Å². The molecule has 1 N–H and O–H groups in total. The van der Waals surface area contributed by atoms with Gasteiger partial charge in [-0.1, -0.05) is 0 Å². The molecule has 0 saturated carbocycles. The Morgan fingerprint density at radius 1 is 0.900 bits per heavy atom. The summed E-state index contributed by atoms with van der Waals surface area (Å²) in [7, 11) is -10.9. The van der Waals surface area contributed by atoms with Gasteiger partial charge in [0.25, 0.3) is 0 Å². The number of nitrogens with one attached hydrogen (secondary N) is 1. The molecule has 0 spiro atoms. The molecule has 2 fully saturated rings. The minimum absolute atomic E-state index is 0.0140. The van der Waals surface area contributed by atoms with E-state index >= 15 is 0 Å². The van der Waals surface area contributed by atoms with Crippen molar-refractivity contribution in [2.24, 2.45) is 5.92 Å². The molecule has 3 rings (SSSR count). The van der Waals surface area contributed by atoms with Gasteiger partial charge in [-0.3, -0.25) is 0 Å². The van der Waals surface area contributed by atoms with Crippen LogP contribution in [0.3, 0.4) is 0 Å². The van der Waals surface area contributed by atoms with Crippen LogP contribution in [0.4, 0.5) is 0 Å². The van der Waals surface area contributed by atoms with Crippen LogP contribution in [0.25, 0.3) is 0 Å². The minimum atomic E-state index is -3.81. The van der Waals surface area contributed by atoms with Crippen molar-refractivity contribution in [1.29, 1.82) is 0 Å². The molecule has 2 saturated heterocycles. The van der Waals surface area contributed by atoms with E-state index in [9.17, 15) is 25.3 Å². The van der Waals surface area contributed by atoms with E-state index in [2.05, 4.69) is 4.72 Å². The van der Waals surface area contributed by atoms with Crippen LogP contribution in [0.5, 0.6) is 0 Å². The van der Waals surface area contributed by atoms with Gasteiger partial charge >= 0.3 is 0 Å². The molecule has 1 aromatic rings. The highest BCUT2D eigenvalue weighted by Gasteiger charge is 2.31. The molecule has 13 heteroatoms. The van der Waals surface area contributed by atoms with Gasteiger partial charge in [-0.25, -0.2) is 30.0 Å². The van der Waals surface area contributed by atoms with E-state index in [1.54, 1.807) is 0 Å². The normalized spacial score (nSPS) is 22.8. The zero-order valence-corrected chi connectivity index (χ0v) is 19.2. The summed E-state index contributed by atoms with van der Waals surface area (Å²) in [6.07, 6.45) is 2.42. The fourth-order valence-electron chi connectivity index (χ4n) is 3.55. The zero-order chi connectivity index (χ0) is 22.0. The Balaban J connectivity index is 1.73. The quantitative estimate of drug-likeness (QED) is 0.564. The second-order valence-electron chi connectivity index (χ2n) is 7.48. The van der Waals surface area contributed by atoms with Crippen molar-refractivity contribution in [1.82, 2.24) is 13.3 Å². The van der Waals surface area contributed by atoms with Gasteiger partial charge < -0.3 is 4.74 Å². The molecule has 1 atom stereocenters. The summed E-state index contributed by atoms with van der Waals surface area (Å²) < 4.78 is 84.3. The lowest BCUT2D eigenvalue weighted by atomic mass is 10.0. The molecule has 10 nitrogen and oxygen atoms in total. The Morgan fingerprint density at radius 3 is 1.97 bits per heavy atom. The zero-order valence-electron chi connectivity index (χ0n) is 16.7. The molecule has 0 radical (unpaired) electrons. The van der Waals surface area contributed by atoms with Gasteiger partial charge in [-0.2, -0.15) is 8.61 Å². The lowest BCUT2D eigenvalue weighted by Crippen LogP contribution is -2.43. The van der Waals surface area contributed by atoms with Crippen LogP contribution in [0, 0.1) is 5.92 Å². The van der Waals surface area contributed by atoms with Gasteiger partial charge in [0, 0.05) is 32.7 Å². The predicted octanol–water partition coefficient (Wildman–Crippen LogP) is -0.343. The summed E-state index contributed by atoms with van der Waals surface area (Å²) in [6.45, 7) is 1.91. The van der Waals surface area contributed by atoms with E-state index in [0.717, 1.165) is 12.7 Å². The van der Waals surface area contributed by atoms with E-state index in [1.807, 2.05) is 0 Å². The molecular formula is C17H27N3O7S3. The first kappa shape index (κ1) is 23.6. The smallest absolute Gasteiger partial charge is 0.243 e. The molecule has 2 heterocycles. The van der Waals surface area contributed by atoms with Crippen molar-refractivity contribution >= 4 is 30.1 Å². The number of morpholine rings is 1. The Labute approximate surface area is 178 Å². The monoisotopic (exact) mass is 481 g/mol. The van der Waals surface area contributed by atoms with Crippen molar-refractivity contribution in [3.63, 3.8) is 0 Å². The van der Waals surface area contributed by atoms with Crippen molar-refractivity contribution in [2.75, 3.05) is 52.2 Å². The van der Waals surface area contributed by atoms with Gasteiger partial charge in [-0.05, 0) is 43.0 Å². The first-order chi connectivity index (χ1) is 14.0. The Hall–Kier alpha value is -1.09. The summed E-state index contributed by atoms with van der Waals surface area (Å²) in [4.78, 5) is 0.0531. The maximum atomic E-state index is 13.0. The number of rotatable bonds is 7. The van der Waals surface area contributed by atoms with Crippen molar-refractivity contribution in [3.8, 4) is 0 Å². The van der Waals surface area contributed by atoms with Crippen LogP contribution in [-0.2, 0) is 34.8 Å². The number of benzene rings is 1. The Kier molecular flexibility index (Phi) is 7.22. The van der Waals surface area contributed by atoms with Gasteiger partial charge in [0.05, 0.1) is 29.3 Å². The van der Waals surface area contributed by atoms with Crippen LogP contribution < -0.4 is 4.72 Å². The van der Waals surface area contributed by atoms with E-state index < -0.39 is 30.1 Å². The molecule has 0 aliphatic carbocycles. The van der Waals surface area contributed by atoms with Crippen molar-refractivity contribution in [2.45, 2.75) is 22.6 Å².